The van der Waals surface area contributed by atoms with E-state index >= 15 is 0 Å². The molecule has 0 saturated carbocycles. The highest BCUT2D eigenvalue weighted by Crippen LogP contribution is 2.20. The molecule has 0 saturated heterocycles. The summed E-state index contributed by atoms with van der Waals surface area (Å²) >= 11 is 0. The Morgan fingerprint density at radius 2 is 2.11 bits per heavy atom. The molecule has 27 heavy (non-hydrogen) atoms. The van der Waals surface area contributed by atoms with Crippen molar-refractivity contribution in [3.8, 4) is 5.88 Å². The summed E-state index contributed by atoms with van der Waals surface area (Å²) in [5.74, 6) is 0.248. The summed E-state index contributed by atoms with van der Waals surface area (Å²) in [6, 6.07) is 9.25. The van der Waals surface area contributed by atoms with Crippen molar-refractivity contribution < 1.29 is 17.9 Å². The predicted octanol–water partition coefficient (Wildman–Crippen LogP) is 2.20. The highest BCUT2D eigenvalue weighted by atomic mass is 32.2. The maximum atomic E-state index is 12.5. The van der Waals surface area contributed by atoms with Gasteiger partial charge in [0, 0.05) is 24.8 Å². The van der Waals surface area contributed by atoms with Gasteiger partial charge in [-0.1, -0.05) is 6.07 Å². The van der Waals surface area contributed by atoms with Gasteiger partial charge in [-0.2, -0.15) is 0 Å². The lowest BCUT2D eigenvalue weighted by molar-refractivity contribution is 0.102. The van der Waals surface area contributed by atoms with Crippen LogP contribution in [0.3, 0.4) is 0 Å². The smallest absolute Gasteiger partial charge is 0.262 e. The molecule has 9 heteroatoms. The topological polar surface area (TPSA) is 110 Å². The summed E-state index contributed by atoms with van der Waals surface area (Å²) in [7, 11) is -3.75. The molecule has 1 aromatic heterocycles. The van der Waals surface area contributed by atoms with Crippen molar-refractivity contribution >= 4 is 27.5 Å². The molecular weight excluding hydrogens is 368 g/mol. The number of carbonyl (C=O) groups is 1. The lowest BCUT2D eigenvalue weighted by atomic mass is 10.2. The minimum atomic E-state index is -3.75. The van der Waals surface area contributed by atoms with E-state index in [-0.39, 0.29) is 16.3 Å². The molecule has 0 radical (unpaired) electrons. The number of benzene rings is 1. The van der Waals surface area contributed by atoms with Gasteiger partial charge in [-0.05, 0) is 43.7 Å². The van der Waals surface area contributed by atoms with Gasteiger partial charge in [0.2, 0.25) is 5.88 Å². The van der Waals surface area contributed by atoms with Crippen LogP contribution in [0.15, 0.2) is 52.5 Å². The maximum absolute atomic E-state index is 12.5. The Morgan fingerprint density at radius 1 is 1.26 bits per heavy atom. The Hall–Kier alpha value is -2.94. The summed E-state index contributed by atoms with van der Waals surface area (Å²) in [4.78, 5) is 20.7. The fraction of sp³-hybridized carbons (Fsp3) is 0.278. The third-order valence-electron chi connectivity index (χ3n) is 3.83. The van der Waals surface area contributed by atoms with Crippen LogP contribution >= 0.6 is 0 Å². The normalized spacial score (nSPS) is 13.7. The SMILES string of the molecule is CCOc1ncccc1C(=O)Nc1cccc(S(=O)(=O)NC2=NCCC2)c1. The van der Waals surface area contributed by atoms with Crippen molar-refractivity contribution in [1.82, 2.24) is 9.71 Å². The van der Waals surface area contributed by atoms with Gasteiger partial charge in [0.15, 0.2) is 0 Å². The first-order valence-corrected chi connectivity index (χ1v) is 10.0. The number of anilines is 1. The molecule has 1 aromatic carbocycles. The number of aliphatic imine (C=N–C) groups is 1. The van der Waals surface area contributed by atoms with Gasteiger partial charge in [0.05, 0.1) is 11.5 Å². The number of hydrogen-bond donors (Lipinski definition) is 2. The van der Waals surface area contributed by atoms with Gasteiger partial charge in [-0.3, -0.25) is 14.5 Å². The monoisotopic (exact) mass is 388 g/mol. The first kappa shape index (κ1) is 18.8. The molecule has 0 bridgehead atoms. The Balaban J connectivity index is 1.79. The molecule has 0 fully saturated rings. The van der Waals surface area contributed by atoms with Crippen molar-refractivity contribution in [2.75, 3.05) is 18.5 Å². The van der Waals surface area contributed by atoms with Gasteiger partial charge in [0.1, 0.15) is 11.4 Å². The number of sulfonamides is 1. The van der Waals surface area contributed by atoms with E-state index in [1.807, 2.05) is 0 Å². The second kappa shape index (κ2) is 8.17. The fourth-order valence-corrected chi connectivity index (χ4v) is 3.73. The molecule has 8 nitrogen and oxygen atoms in total. The van der Waals surface area contributed by atoms with Crippen LogP contribution in [0.25, 0.3) is 0 Å². The van der Waals surface area contributed by atoms with Crippen molar-refractivity contribution in [2.24, 2.45) is 4.99 Å². The van der Waals surface area contributed by atoms with Crippen molar-refractivity contribution in [3.05, 3.63) is 48.2 Å². The van der Waals surface area contributed by atoms with Gasteiger partial charge in [0.25, 0.3) is 15.9 Å². The van der Waals surface area contributed by atoms with Gasteiger partial charge >= 0.3 is 0 Å². The Kier molecular flexibility index (Phi) is 5.70. The number of pyridine rings is 1. The van der Waals surface area contributed by atoms with E-state index in [0.29, 0.717) is 31.1 Å². The summed E-state index contributed by atoms with van der Waals surface area (Å²) < 4.78 is 32.8. The van der Waals surface area contributed by atoms with E-state index < -0.39 is 15.9 Å². The van der Waals surface area contributed by atoms with Crippen LogP contribution in [0.1, 0.15) is 30.1 Å². The summed E-state index contributed by atoms with van der Waals surface area (Å²) in [5, 5.41) is 2.68. The zero-order valence-corrected chi connectivity index (χ0v) is 15.6. The molecule has 0 unspecified atom stereocenters. The number of hydrogen-bond acceptors (Lipinski definition) is 6. The highest BCUT2D eigenvalue weighted by molar-refractivity contribution is 7.90. The van der Waals surface area contributed by atoms with Crippen molar-refractivity contribution in [3.63, 3.8) is 0 Å². The van der Waals surface area contributed by atoms with Crippen LogP contribution in [-0.2, 0) is 10.0 Å². The van der Waals surface area contributed by atoms with Crippen molar-refractivity contribution in [2.45, 2.75) is 24.7 Å². The first-order chi connectivity index (χ1) is 13.0. The minimum absolute atomic E-state index is 0.0473. The Labute approximate surface area is 157 Å². The first-order valence-electron chi connectivity index (χ1n) is 8.55. The molecule has 0 atom stereocenters. The fourth-order valence-electron chi connectivity index (χ4n) is 2.59. The number of amides is 1. The molecule has 2 N–H and O–H groups in total. The molecule has 1 aliphatic rings. The van der Waals surface area contributed by atoms with Crippen LogP contribution < -0.4 is 14.8 Å². The van der Waals surface area contributed by atoms with Crippen LogP contribution in [-0.4, -0.2) is 38.3 Å². The number of rotatable bonds is 6. The van der Waals surface area contributed by atoms with Crippen LogP contribution in [0.2, 0.25) is 0 Å². The highest BCUT2D eigenvalue weighted by Gasteiger charge is 2.19. The molecule has 1 amide bonds. The zero-order valence-electron chi connectivity index (χ0n) is 14.8. The number of nitrogens with one attached hydrogen (secondary N) is 2. The van der Waals surface area contributed by atoms with E-state index in [4.69, 9.17) is 4.74 Å². The molecule has 2 heterocycles. The summed E-state index contributed by atoms with van der Waals surface area (Å²) in [6.07, 6.45) is 2.98. The van der Waals surface area contributed by atoms with Crippen molar-refractivity contribution in [1.29, 1.82) is 0 Å². The molecule has 3 rings (SSSR count). The molecule has 142 valence electrons. The average molecular weight is 388 g/mol. The van der Waals surface area contributed by atoms with E-state index in [0.717, 1.165) is 6.42 Å². The number of carbonyl (C=O) groups excluding carboxylic acids is 1. The third kappa shape index (κ3) is 4.62. The molecular formula is C18H20N4O4S. The maximum Gasteiger partial charge on any atom is 0.262 e. The van der Waals surface area contributed by atoms with E-state index in [1.165, 1.54) is 18.3 Å². The van der Waals surface area contributed by atoms with E-state index in [2.05, 4.69) is 20.0 Å². The van der Waals surface area contributed by atoms with Gasteiger partial charge in [-0.15, -0.1) is 0 Å². The minimum Gasteiger partial charge on any atom is -0.477 e. The van der Waals surface area contributed by atoms with Crippen LogP contribution in [0.5, 0.6) is 5.88 Å². The number of ether oxygens (including phenoxy) is 1. The second-order valence-electron chi connectivity index (χ2n) is 5.81. The largest absolute Gasteiger partial charge is 0.477 e. The third-order valence-corrected chi connectivity index (χ3v) is 5.20. The molecule has 0 aliphatic carbocycles. The second-order valence-corrected chi connectivity index (χ2v) is 7.49. The van der Waals surface area contributed by atoms with Gasteiger partial charge < -0.3 is 10.1 Å². The lowest BCUT2D eigenvalue weighted by Gasteiger charge is -2.11. The summed E-state index contributed by atoms with van der Waals surface area (Å²) in [6.45, 7) is 2.80. The lowest BCUT2D eigenvalue weighted by Crippen LogP contribution is -2.29. The quantitative estimate of drug-likeness (QED) is 0.788. The molecule has 0 spiro atoms. The van der Waals surface area contributed by atoms with Crippen LogP contribution in [0.4, 0.5) is 5.69 Å². The Morgan fingerprint density at radius 3 is 2.85 bits per heavy atom. The Bertz CT molecular complexity index is 973. The predicted molar refractivity (Wildman–Crippen MR) is 102 cm³/mol. The van der Waals surface area contributed by atoms with E-state index in [9.17, 15) is 13.2 Å². The van der Waals surface area contributed by atoms with Crippen LogP contribution in [0, 0.1) is 0 Å². The zero-order chi connectivity index (χ0) is 19.3. The number of amidine groups is 1. The van der Waals surface area contributed by atoms with E-state index in [1.54, 1.807) is 31.2 Å². The molecule has 1 aliphatic heterocycles. The average Bonchev–Trinajstić information content (AvgIpc) is 3.15. The van der Waals surface area contributed by atoms with Gasteiger partial charge in [-0.25, -0.2) is 13.4 Å². The standard InChI is InChI=1S/C18H20N4O4S/c1-2-26-18-15(8-4-11-20-18)17(23)21-13-6-3-7-14(12-13)27(24,25)22-16-9-5-10-19-16/h3-4,6-8,11-12H,2,5,9-10H2,1H3,(H,19,22)(H,21,23). The summed E-state index contributed by atoms with van der Waals surface area (Å²) in [5.41, 5.74) is 0.619. The molecule has 2 aromatic rings. The number of nitrogens with zero attached hydrogens (tertiary/aromatic N) is 2. The number of aromatic nitrogens is 1.